The van der Waals surface area contributed by atoms with Crippen molar-refractivity contribution in [3.63, 3.8) is 0 Å². The van der Waals surface area contributed by atoms with Crippen LogP contribution in [0.5, 0.6) is 5.75 Å². The Morgan fingerprint density at radius 1 is 1.40 bits per heavy atom. The number of ether oxygens (including phenoxy) is 1. The monoisotopic (exact) mass is 245 g/mol. The molecule has 1 aromatic rings. The molecule has 1 aromatic heterocycles. The van der Waals surface area contributed by atoms with Gasteiger partial charge in [0.15, 0.2) is 16.7 Å². The SMILES string of the molecule is COc1c(Cl)ncnc1N1CCSCC1. The first-order chi connectivity index (χ1) is 7.33. The van der Waals surface area contributed by atoms with E-state index in [1.807, 2.05) is 11.8 Å². The second-order valence-corrected chi connectivity index (χ2v) is 4.70. The molecular weight excluding hydrogens is 234 g/mol. The lowest BCUT2D eigenvalue weighted by atomic mass is 10.4. The Morgan fingerprint density at radius 2 is 2.13 bits per heavy atom. The highest BCUT2D eigenvalue weighted by Gasteiger charge is 2.19. The summed E-state index contributed by atoms with van der Waals surface area (Å²) < 4.78 is 5.22. The first-order valence-electron chi connectivity index (χ1n) is 4.70. The molecule has 0 unspecified atom stereocenters. The van der Waals surface area contributed by atoms with E-state index in [1.165, 1.54) is 6.33 Å². The Bertz CT molecular complexity index is 344. The van der Waals surface area contributed by atoms with E-state index in [4.69, 9.17) is 16.3 Å². The van der Waals surface area contributed by atoms with Gasteiger partial charge in [0.1, 0.15) is 6.33 Å². The van der Waals surface area contributed by atoms with Crippen LogP contribution < -0.4 is 9.64 Å². The third-order valence-electron chi connectivity index (χ3n) is 2.26. The van der Waals surface area contributed by atoms with Crippen molar-refractivity contribution in [3.05, 3.63) is 11.5 Å². The van der Waals surface area contributed by atoms with E-state index >= 15 is 0 Å². The Hall–Kier alpha value is -0.680. The summed E-state index contributed by atoms with van der Waals surface area (Å²) in [5.74, 6) is 3.61. The number of rotatable bonds is 2. The highest BCUT2D eigenvalue weighted by Crippen LogP contribution is 2.32. The smallest absolute Gasteiger partial charge is 0.199 e. The van der Waals surface area contributed by atoms with E-state index < -0.39 is 0 Å². The second-order valence-electron chi connectivity index (χ2n) is 3.12. The number of halogens is 1. The average molecular weight is 246 g/mol. The third-order valence-corrected chi connectivity index (χ3v) is 3.47. The van der Waals surface area contributed by atoms with Gasteiger partial charge in [0, 0.05) is 24.6 Å². The molecule has 0 aliphatic carbocycles. The Kier molecular flexibility index (Phi) is 3.53. The van der Waals surface area contributed by atoms with Gasteiger partial charge in [0.25, 0.3) is 0 Å². The molecule has 0 N–H and O–H groups in total. The summed E-state index contributed by atoms with van der Waals surface area (Å²) in [6, 6.07) is 0. The van der Waals surface area contributed by atoms with Crippen molar-refractivity contribution in [2.45, 2.75) is 0 Å². The lowest BCUT2D eigenvalue weighted by Gasteiger charge is -2.28. The molecule has 1 saturated heterocycles. The normalized spacial score (nSPS) is 16.5. The number of methoxy groups -OCH3 is 1. The fourth-order valence-electron chi connectivity index (χ4n) is 1.52. The van der Waals surface area contributed by atoms with Crippen LogP contribution in [0.25, 0.3) is 0 Å². The predicted molar refractivity (Wildman–Crippen MR) is 63.1 cm³/mol. The van der Waals surface area contributed by atoms with Gasteiger partial charge >= 0.3 is 0 Å². The van der Waals surface area contributed by atoms with E-state index in [0.717, 1.165) is 30.4 Å². The van der Waals surface area contributed by atoms with Crippen LogP contribution in [0.3, 0.4) is 0 Å². The maximum absolute atomic E-state index is 5.94. The maximum atomic E-state index is 5.94. The molecule has 1 aliphatic rings. The lowest BCUT2D eigenvalue weighted by molar-refractivity contribution is 0.410. The minimum atomic E-state index is 0.376. The van der Waals surface area contributed by atoms with Gasteiger partial charge in [-0.3, -0.25) is 0 Å². The zero-order valence-electron chi connectivity index (χ0n) is 8.44. The summed E-state index contributed by atoms with van der Waals surface area (Å²) >= 11 is 7.89. The molecule has 15 heavy (non-hydrogen) atoms. The van der Waals surface area contributed by atoms with E-state index in [1.54, 1.807) is 7.11 Å². The first-order valence-corrected chi connectivity index (χ1v) is 6.23. The Labute approximate surface area is 98.0 Å². The van der Waals surface area contributed by atoms with Crippen LogP contribution in [0.4, 0.5) is 5.82 Å². The fraction of sp³-hybridized carbons (Fsp3) is 0.556. The van der Waals surface area contributed by atoms with Crippen LogP contribution in [0, 0.1) is 0 Å². The van der Waals surface area contributed by atoms with Gasteiger partial charge in [-0.25, -0.2) is 9.97 Å². The molecule has 2 rings (SSSR count). The van der Waals surface area contributed by atoms with Crippen molar-refractivity contribution < 1.29 is 4.74 Å². The fourth-order valence-corrected chi connectivity index (χ4v) is 2.63. The standard InChI is InChI=1S/C9H12ClN3OS/c1-14-7-8(10)11-6-12-9(7)13-2-4-15-5-3-13/h6H,2-5H2,1H3. The molecule has 1 aliphatic heterocycles. The summed E-state index contributed by atoms with van der Waals surface area (Å²) in [5, 5.41) is 0.376. The zero-order chi connectivity index (χ0) is 10.7. The van der Waals surface area contributed by atoms with Crippen molar-refractivity contribution in [2.75, 3.05) is 36.6 Å². The molecule has 82 valence electrons. The van der Waals surface area contributed by atoms with Gasteiger partial charge in [0.05, 0.1) is 7.11 Å². The molecule has 0 aromatic carbocycles. The molecule has 0 saturated carbocycles. The van der Waals surface area contributed by atoms with E-state index in [-0.39, 0.29) is 0 Å². The molecular formula is C9H12ClN3OS. The predicted octanol–water partition coefficient (Wildman–Crippen LogP) is 1.69. The minimum Gasteiger partial charge on any atom is -0.490 e. The van der Waals surface area contributed by atoms with Crippen molar-refractivity contribution in [1.82, 2.24) is 9.97 Å². The van der Waals surface area contributed by atoms with Gasteiger partial charge in [-0.1, -0.05) is 11.6 Å². The van der Waals surface area contributed by atoms with Crippen LogP contribution in [0.2, 0.25) is 5.15 Å². The largest absolute Gasteiger partial charge is 0.490 e. The number of aromatic nitrogens is 2. The molecule has 1 fully saturated rings. The van der Waals surface area contributed by atoms with Crippen molar-refractivity contribution in [2.24, 2.45) is 0 Å². The summed E-state index contributed by atoms with van der Waals surface area (Å²) in [7, 11) is 1.59. The zero-order valence-corrected chi connectivity index (χ0v) is 10.0. The van der Waals surface area contributed by atoms with Gasteiger partial charge in [-0.2, -0.15) is 11.8 Å². The highest BCUT2D eigenvalue weighted by molar-refractivity contribution is 7.99. The lowest BCUT2D eigenvalue weighted by Crippen LogP contribution is -2.33. The number of hydrogen-bond donors (Lipinski definition) is 0. The maximum Gasteiger partial charge on any atom is 0.199 e. The molecule has 0 bridgehead atoms. The molecule has 0 amide bonds. The van der Waals surface area contributed by atoms with Crippen LogP contribution in [0.1, 0.15) is 0 Å². The average Bonchev–Trinajstić information content (AvgIpc) is 2.30. The van der Waals surface area contributed by atoms with Crippen molar-refractivity contribution in [3.8, 4) is 5.75 Å². The van der Waals surface area contributed by atoms with Gasteiger partial charge in [0.2, 0.25) is 0 Å². The van der Waals surface area contributed by atoms with Gasteiger partial charge in [-0.05, 0) is 0 Å². The first kappa shape index (κ1) is 10.8. The number of hydrogen-bond acceptors (Lipinski definition) is 5. The van der Waals surface area contributed by atoms with Crippen molar-refractivity contribution in [1.29, 1.82) is 0 Å². The number of anilines is 1. The minimum absolute atomic E-state index is 0.376. The van der Waals surface area contributed by atoms with Gasteiger partial charge < -0.3 is 9.64 Å². The molecule has 2 heterocycles. The number of nitrogens with zero attached hydrogens (tertiary/aromatic N) is 3. The van der Waals surface area contributed by atoms with Gasteiger partial charge in [-0.15, -0.1) is 0 Å². The van der Waals surface area contributed by atoms with Crippen LogP contribution in [-0.2, 0) is 0 Å². The topological polar surface area (TPSA) is 38.3 Å². The third kappa shape index (κ3) is 2.29. The molecule has 6 heteroatoms. The summed E-state index contributed by atoms with van der Waals surface area (Å²) in [5.41, 5.74) is 0. The Balaban J connectivity index is 2.29. The summed E-state index contributed by atoms with van der Waals surface area (Å²) in [4.78, 5) is 10.3. The van der Waals surface area contributed by atoms with Crippen LogP contribution in [-0.4, -0.2) is 41.7 Å². The quantitative estimate of drug-likeness (QED) is 0.742. The summed E-state index contributed by atoms with van der Waals surface area (Å²) in [6.45, 7) is 1.96. The molecule has 4 nitrogen and oxygen atoms in total. The van der Waals surface area contributed by atoms with E-state index in [0.29, 0.717) is 10.9 Å². The molecule has 0 spiro atoms. The van der Waals surface area contributed by atoms with Crippen molar-refractivity contribution >= 4 is 29.2 Å². The van der Waals surface area contributed by atoms with Crippen LogP contribution >= 0.6 is 23.4 Å². The van der Waals surface area contributed by atoms with E-state index in [9.17, 15) is 0 Å². The highest BCUT2D eigenvalue weighted by atomic mass is 35.5. The van der Waals surface area contributed by atoms with Crippen LogP contribution in [0.15, 0.2) is 6.33 Å². The second kappa shape index (κ2) is 4.90. The Morgan fingerprint density at radius 3 is 2.80 bits per heavy atom. The molecule has 0 radical (unpaired) electrons. The van der Waals surface area contributed by atoms with E-state index in [2.05, 4.69) is 14.9 Å². The summed E-state index contributed by atoms with van der Waals surface area (Å²) in [6.07, 6.45) is 1.47. The molecule has 0 atom stereocenters. The number of thioether (sulfide) groups is 1.